The molecule has 3 heterocycles. The summed E-state index contributed by atoms with van der Waals surface area (Å²) in [6, 6.07) is 11.0. The monoisotopic (exact) mass is 365 g/mol. The topological polar surface area (TPSA) is 35.5 Å². The van der Waals surface area contributed by atoms with Crippen LogP contribution >= 0.6 is 0 Å². The number of benzene rings is 1. The maximum absolute atomic E-state index is 4.43. The summed E-state index contributed by atoms with van der Waals surface area (Å²) in [5, 5.41) is 0. The zero-order valence-electron chi connectivity index (χ0n) is 16.6. The summed E-state index contributed by atoms with van der Waals surface area (Å²) in [5.41, 5.74) is 3.22. The maximum atomic E-state index is 4.43. The molecule has 2 saturated heterocycles. The highest BCUT2D eigenvalue weighted by molar-refractivity contribution is 5.30. The molecule has 0 aliphatic carbocycles. The fraction of sp³-hybridized carbons (Fsp3) is 0.545. The molecule has 0 amide bonds. The van der Waals surface area contributed by atoms with Gasteiger partial charge in [-0.15, -0.1) is 0 Å². The number of anilines is 1. The molecule has 1 aromatic carbocycles. The molecule has 0 atom stereocenters. The minimum atomic E-state index is 0.364. The molecule has 2 fully saturated rings. The van der Waals surface area contributed by atoms with Crippen LogP contribution in [0.25, 0.3) is 0 Å². The Morgan fingerprint density at radius 1 is 0.963 bits per heavy atom. The van der Waals surface area contributed by atoms with Crippen LogP contribution in [0.4, 0.5) is 5.95 Å². The molecule has 1 aromatic heterocycles. The number of nitrogens with zero attached hydrogens (tertiary/aromatic N) is 5. The van der Waals surface area contributed by atoms with Crippen LogP contribution in [0.2, 0.25) is 0 Å². The zero-order valence-corrected chi connectivity index (χ0v) is 16.6. The van der Waals surface area contributed by atoms with Gasteiger partial charge in [-0.1, -0.05) is 24.3 Å². The molecule has 2 aliphatic rings. The Labute approximate surface area is 163 Å². The average Bonchev–Trinajstić information content (AvgIpc) is 3.04. The highest BCUT2D eigenvalue weighted by atomic mass is 15.3. The number of likely N-dealkylation sites (tertiary alicyclic amines) is 1. The van der Waals surface area contributed by atoms with E-state index in [1.165, 1.54) is 43.4 Å². The molecular formula is C22H31N5. The molecule has 27 heavy (non-hydrogen) atoms. The Morgan fingerprint density at radius 2 is 1.70 bits per heavy atom. The lowest BCUT2D eigenvalue weighted by Gasteiger charge is -2.45. The highest BCUT2D eigenvalue weighted by Crippen LogP contribution is 2.39. The third-order valence-electron chi connectivity index (χ3n) is 6.13. The summed E-state index contributed by atoms with van der Waals surface area (Å²) in [6.45, 7) is 5.41. The Kier molecular flexibility index (Phi) is 5.41. The van der Waals surface area contributed by atoms with Crippen molar-refractivity contribution >= 4 is 5.95 Å². The Morgan fingerprint density at radius 3 is 2.44 bits per heavy atom. The maximum Gasteiger partial charge on any atom is 0.225 e. The van der Waals surface area contributed by atoms with Crippen molar-refractivity contribution in [2.45, 2.75) is 44.3 Å². The largest absolute Gasteiger partial charge is 0.341 e. The van der Waals surface area contributed by atoms with E-state index in [9.17, 15) is 0 Å². The van der Waals surface area contributed by atoms with E-state index < -0.39 is 0 Å². The first-order valence-corrected chi connectivity index (χ1v) is 10.1. The molecule has 5 nitrogen and oxygen atoms in total. The Balaban J connectivity index is 1.42. The van der Waals surface area contributed by atoms with Gasteiger partial charge in [-0.3, -0.25) is 4.90 Å². The van der Waals surface area contributed by atoms with Gasteiger partial charge in [-0.25, -0.2) is 9.97 Å². The average molecular weight is 366 g/mol. The van der Waals surface area contributed by atoms with Crippen LogP contribution in [0.3, 0.4) is 0 Å². The Hall–Kier alpha value is -1.98. The zero-order chi connectivity index (χ0) is 18.7. The lowest BCUT2D eigenvalue weighted by Crippen LogP contribution is -2.52. The first-order chi connectivity index (χ1) is 13.1. The van der Waals surface area contributed by atoms with Crippen LogP contribution in [-0.2, 0) is 13.1 Å². The van der Waals surface area contributed by atoms with E-state index in [1.807, 2.05) is 18.5 Å². The summed E-state index contributed by atoms with van der Waals surface area (Å²) < 4.78 is 0. The van der Waals surface area contributed by atoms with Gasteiger partial charge >= 0.3 is 0 Å². The van der Waals surface area contributed by atoms with Crippen molar-refractivity contribution < 1.29 is 0 Å². The van der Waals surface area contributed by atoms with Gasteiger partial charge in [-0.05, 0) is 63.5 Å². The molecule has 0 saturated carbocycles. The first kappa shape index (κ1) is 18.4. The van der Waals surface area contributed by atoms with Gasteiger partial charge in [0.2, 0.25) is 5.95 Å². The van der Waals surface area contributed by atoms with Crippen molar-refractivity contribution in [3.8, 4) is 0 Å². The number of hydrogen-bond donors (Lipinski definition) is 0. The van der Waals surface area contributed by atoms with E-state index >= 15 is 0 Å². The van der Waals surface area contributed by atoms with Crippen molar-refractivity contribution in [3.63, 3.8) is 0 Å². The smallest absolute Gasteiger partial charge is 0.225 e. The summed E-state index contributed by atoms with van der Waals surface area (Å²) >= 11 is 0. The summed E-state index contributed by atoms with van der Waals surface area (Å²) in [7, 11) is 4.26. The standard InChI is InChI=1S/C22H31N5/c1-25(2)17-19-6-3-7-20(16-19)18-27-13-4-8-22(27)9-14-26(15-10-22)21-23-11-5-12-24-21/h3,5-7,11-12,16H,4,8-10,13-15,17-18H2,1-2H3. The molecule has 1 spiro atoms. The fourth-order valence-electron chi connectivity index (χ4n) is 4.80. The SMILES string of the molecule is CN(C)Cc1cccc(CN2CCCC23CCN(c2ncccn2)CC3)c1. The minimum absolute atomic E-state index is 0.364. The molecule has 2 aliphatic heterocycles. The van der Waals surface area contributed by atoms with Crippen LogP contribution in [0.5, 0.6) is 0 Å². The fourth-order valence-corrected chi connectivity index (χ4v) is 4.80. The summed E-state index contributed by atoms with van der Waals surface area (Å²) in [5.74, 6) is 0.883. The number of piperidine rings is 1. The molecule has 2 aromatic rings. The predicted octanol–water partition coefficient (Wildman–Crippen LogP) is 3.17. The van der Waals surface area contributed by atoms with Crippen molar-refractivity contribution in [2.24, 2.45) is 0 Å². The first-order valence-electron chi connectivity index (χ1n) is 10.1. The van der Waals surface area contributed by atoms with E-state index in [0.717, 1.165) is 32.1 Å². The molecule has 0 radical (unpaired) electrons. The minimum Gasteiger partial charge on any atom is -0.341 e. The normalized spacial score (nSPS) is 19.9. The summed E-state index contributed by atoms with van der Waals surface area (Å²) in [4.78, 5) is 16.2. The van der Waals surface area contributed by atoms with Crippen LogP contribution in [-0.4, -0.2) is 59.0 Å². The number of hydrogen-bond acceptors (Lipinski definition) is 5. The summed E-state index contributed by atoms with van der Waals surface area (Å²) in [6.07, 6.45) is 8.75. The third-order valence-corrected chi connectivity index (χ3v) is 6.13. The number of aromatic nitrogens is 2. The Bertz CT molecular complexity index is 737. The second kappa shape index (κ2) is 7.95. The highest BCUT2D eigenvalue weighted by Gasteiger charge is 2.43. The number of rotatable bonds is 5. The van der Waals surface area contributed by atoms with Gasteiger partial charge in [0.1, 0.15) is 0 Å². The van der Waals surface area contributed by atoms with E-state index in [1.54, 1.807) is 0 Å². The van der Waals surface area contributed by atoms with Crippen LogP contribution in [0.1, 0.15) is 36.8 Å². The van der Waals surface area contributed by atoms with Crippen molar-refractivity contribution in [1.29, 1.82) is 0 Å². The second-order valence-electron chi connectivity index (χ2n) is 8.34. The van der Waals surface area contributed by atoms with Crippen molar-refractivity contribution in [2.75, 3.05) is 38.6 Å². The second-order valence-corrected chi connectivity index (χ2v) is 8.34. The third kappa shape index (κ3) is 4.14. The van der Waals surface area contributed by atoms with Gasteiger partial charge < -0.3 is 9.80 Å². The van der Waals surface area contributed by atoms with Crippen molar-refractivity contribution in [1.82, 2.24) is 19.8 Å². The predicted molar refractivity (Wildman–Crippen MR) is 110 cm³/mol. The van der Waals surface area contributed by atoms with Crippen molar-refractivity contribution in [3.05, 3.63) is 53.9 Å². The van der Waals surface area contributed by atoms with E-state index in [2.05, 4.69) is 63.0 Å². The van der Waals surface area contributed by atoms with E-state index in [-0.39, 0.29) is 0 Å². The molecule has 144 valence electrons. The molecule has 4 rings (SSSR count). The molecule has 0 unspecified atom stereocenters. The molecule has 0 N–H and O–H groups in total. The van der Waals surface area contributed by atoms with Gasteiger partial charge in [-0.2, -0.15) is 0 Å². The van der Waals surface area contributed by atoms with Gasteiger partial charge in [0.15, 0.2) is 0 Å². The molecule has 5 heteroatoms. The molecular weight excluding hydrogens is 334 g/mol. The van der Waals surface area contributed by atoms with Crippen LogP contribution in [0, 0.1) is 0 Å². The van der Waals surface area contributed by atoms with Gasteiger partial charge in [0.05, 0.1) is 0 Å². The van der Waals surface area contributed by atoms with Crippen LogP contribution < -0.4 is 4.90 Å². The van der Waals surface area contributed by atoms with Gasteiger partial charge in [0.25, 0.3) is 0 Å². The van der Waals surface area contributed by atoms with Crippen LogP contribution in [0.15, 0.2) is 42.7 Å². The lowest BCUT2D eigenvalue weighted by atomic mass is 9.84. The van der Waals surface area contributed by atoms with E-state index in [0.29, 0.717) is 5.54 Å². The lowest BCUT2D eigenvalue weighted by molar-refractivity contribution is 0.0994. The molecule has 0 bridgehead atoms. The van der Waals surface area contributed by atoms with Gasteiger partial charge in [0, 0.05) is 44.1 Å². The quantitative estimate of drug-likeness (QED) is 0.813. The van der Waals surface area contributed by atoms with E-state index in [4.69, 9.17) is 0 Å².